The summed E-state index contributed by atoms with van der Waals surface area (Å²) in [6.45, 7) is 2.71. The molecule has 2 rings (SSSR count). The Kier molecular flexibility index (Phi) is 2.46. The molecule has 0 saturated heterocycles. The van der Waals surface area contributed by atoms with Crippen molar-refractivity contribution in [1.29, 1.82) is 0 Å². The predicted molar refractivity (Wildman–Crippen MR) is 60.6 cm³/mol. The Labute approximate surface area is 88.7 Å². The van der Waals surface area contributed by atoms with E-state index in [0.29, 0.717) is 6.54 Å². The van der Waals surface area contributed by atoms with Crippen molar-refractivity contribution in [3.8, 4) is 0 Å². The number of aromatic amines is 1. The van der Waals surface area contributed by atoms with Crippen LogP contribution >= 0.6 is 0 Å². The Hall–Kier alpha value is -1.77. The Balaban J connectivity index is 2.40. The van der Waals surface area contributed by atoms with Crippen LogP contribution in [-0.2, 0) is 11.3 Å². The maximum absolute atomic E-state index is 10.5. The van der Waals surface area contributed by atoms with E-state index in [0.717, 1.165) is 17.5 Å². The van der Waals surface area contributed by atoms with E-state index in [9.17, 15) is 4.79 Å². The van der Waals surface area contributed by atoms with Crippen molar-refractivity contribution in [3.05, 3.63) is 35.5 Å². The van der Waals surface area contributed by atoms with Gasteiger partial charge in [-0.05, 0) is 24.1 Å². The molecule has 0 aliphatic carbocycles. The molecule has 78 valence electrons. The lowest BCUT2D eigenvalue weighted by molar-refractivity contribution is -0.117. The van der Waals surface area contributed by atoms with Crippen LogP contribution in [0, 0.1) is 6.92 Å². The van der Waals surface area contributed by atoms with Crippen molar-refractivity contribution in [2.45, 2.75) is 13.5 Å². The van der Waals surface area contributed by atoms with Crippen molar-refractivity contribution in [2.24, 2.45) is 0 Å². The number of nitrogens with zero attached hydrogens (tertiary/aromatic N) is 1. The highest BCUT2D eigenvalue weighted by molar-refractivity contribution is 5.83. The Bertz CT molecular complexity index is 487. The molecule has 1 amide bonds. The van der Waals surface area contributed by atoms with E-state index in [1.807, 2.05) is 6.20 Å². The summed E-state index contributed by atoms with van der Waals surface area (Å²) in [6, 6.07) is 6.29. The first-order valence-electron chi connectivity index (χ1n) is 4.93. The van der Waals surface area contributed by atoms with Crippen LogP contribution in [0.1, 0.15) is 11.1 Å². The van der Waals surface area contributed by atoms with Crippen LogP contribution in [0.2, 0.25) is 0 Å². The average Bonchev–Trinajstić information content (AvgIpc) is 2.60. The summed E-state index contributed by atoms with van der Waals surface area (Å²) in [4.78, 5) is 15.4. The van der Waals surface area contributed by atoms with E-state index in [2.05, 4.69) is 30.1 Å². The minimum atomic E-state index is 0.645. The SMILES string of the molecule is Cc1ccc2c(CN(C)C=O)c[nH]c2c1. The van der Waals surface area contributed by atoms with Crippen molar-refractivity contribution >= 4 is 17.3 Å². The molecule has 0 atom stereocenters. The van der Waals surface area contributed by atoms with Gasteiger partial charge in [0.15, 0.2) is 0 Å². The highest BCUT2D eigenvalue weighted by Gasteiger charge is 2.04. The molecule has 0 fully saturated rings. The van der Waals surface area contributed by atoms with Crippen LogP contribution < -0.4 is 0 Å². The van der Waals surface area contributed by atoms with Crippen molar-refractivity contribution in [1.82, 2.24) is 9.88 Å². The molecule has 1 aromatic carbocycles. The number of nitrogens with one attached hydrogen (secondary N) is 1. The second-order valence-electron chi connectivity index (χ2n) is 3.88. The zero-order chi connectivity index (χ0) is 10.8. The summed E-state index contributed by atoms with van der Waals surface area (Å²) in [6.07, 6.45) is 2.80. The lowest BCUT2D eigenvalue weighted by Crippen LogP contribution is -2.14. The number of benzene rings is 1. The van der Waals surface area contributed by atoms with Crippen LogP contribution in [0.4, 0.5) is 0 Å². The second-order valence-corrected chi connectivity index (χ2v) is 3.88. The minimum Gasteiger partial charge on any atom is -0.361 e. The van der Waals surface area contributed by atoms with E-state index >= 15 is 0 Å². The predicted octanol–water partition coefficient (Wildman–Crippen LogP) is 2.06. The summed E-state index contributed by atoms with van der Waals surface area (Å²) < 4.78 is 0. The van der Waals surface area contributed by atoms with Gasteiger partial charge in [-0.2, -0.15) is 0 Å². The molecule has 15 heavy (non-hydrogen) atoms. The fraction of sp³-hybridized carbons (Fsp3) is 0.250. The molecule has 1 aromatic heterocycles. The van der Waals surface area contributed by atoms with Gasteiger partial charge in [0.25, 0.3) is 0 Å². The number of amides is 1. The summed E-state index contributed by atoms with van der Waals surface area (Å²) in [5, 5.41) is 1.19. The van der Waals surface area contributed by atoms with Gasteiger partial charge < -0.3 is 9.88 Å². The normalized spacial score (nSPS) is 10.5. The molecule has 0 radical (unpaired) electrons. The molecule has 0 unspecified atom stereocenters. The molecule has 1 heterocycles. The van der Waals surface area contributed by atoms with Gasteiger partial charge in [0.05, 0.1) is 0 Å². The summed E-state index contributed by atoms with van der Waals surface area (Å²) in [5.41, 5.74) is 3.52. The van der Waals surface area contributed by atoms with Gasteiger partial charge in [0.2, 0.25) is 6.41 Å². The molecule has 1 N–H and O–H groups in total. The quantitative estimate of drug-likeness (QED) is 0.760. The minimum absolute atomic E-state index is 0.645. The number of carbonyl (C=O) groups excluding carboxylic acids is 1. The Morgan fingerprint density at radius 2 is 2.27 bits per heavy atom. The van der Waals surface area contributed by atoms with Crippen molar-refractivity contribution in [3.63, 3.8) is 0 Å². The Morgan fingerprint density at radius 1 is 1.47 bits per heavy atom. The number of carbonyl (C=O) groups is 1. The number of hydrogen-bond acceptors (Lipinski definition) is 1. The van der Waals surface area contributed by atoms with Crippen molar-refractivity contribution in [2.75, 3.05) is 7.05 Å². The molecular weight excluding hydrogens is 188 g/mol. The first-order chi connectivity index (χ1) is 7.20. The lowest BCUT2D eigenvalue weighted by atomic mass is 10.1. The van der Waals surface area contributed by atoms with Crippen molar-refractivity contribution < 1.29 is 4.79 Å². The largest absolute Gasteiger partial charge is 0.361 e. The second kappa shape index (κ2) is 3.77. The summed E-state index contributed by atoms with van der Waals surface area (Å²) in [5.74, 6) is 0. The maximum Gasteiger partial charge on any atom is 0.209 e. The third kappa shape index (κ3) is 1.86. The highest BCUT2D eigenvalue weighted by atomic mass is 16.1. The van der Waals surface area contributed by atoms with Crippen LogP contribution in [0.15, 0.2) is 24.4 Å². The van der Waals surface area contributed by atoms with E-state index in [4.69, 9.17) is 0 Å². The molecule has 0 spiro atoms. The number of H-pyrrole nitrogens is 1. The summed E-state index contributed by atoms with van der Waals surface area (Å²) >= 11 is 0. The Morgan fingerprint density at radius 3 is 3.00 bits per heavy atom. The number of rotatable bonds is 3. The first kappa shape index (κ1) is 9.77. The zero-order valence-electron chi connectivity index (χ0n) is 8.95. The molecule has 3 heteroatoms. The molecule has 2 aromatic rings. The maximum atomic E-state index is 10.5. The number of aromatic nitrogens is 1. The van der Waals surface area contributed by atoms with Gasteiger partial charge in [0.1, 0.15) is 0 Å². The highest BCUT2D eigenvalue weighted by Crippen LogP contribution is 2.20. The molecule has 0 aliphatic rings. The van der Waals surface area contributed by atoms with Gasteiger partial charge in [-0.3, -0.25) is 4.79 Å². The molecule has 0 aliphatic heterocycles. The van der Waals surface area contributed by atoms with Gasteiger partial charge >= 0.3 is 0 Å². The van der Waals surface area contributed by atoms with Gasteiger partial charge in [-0.1, -0.05) is 12.1 Å². The third-order valence-electron chi connectivity index (χ3n) is 2.52. The van der Waals surface area contributed by atoms with E-state index < -0.39 is 0 Å². The summed E-state index contributed by atoms with van der Waals surface area (Å²) in [7, 11) is 1.78. The van der Waals surface area contributed by atoms with Crippen LogP contribution in [0.3, 0.4) is 0 Å². The van der Waals surface area contributed by atoms with E-state index in [-0.39, 0.29) is 0 Å². The molecule has 3 nitrogen and oxygen atoms in total. The van der Waals surface area contributed by atoms with Gasteiger partial charge in [-0.15, -0.1) is 0 Å². The fourth-order valence-electron chi connectivity index (χ4n) is 1.74. The average molecular weight is 202 g/mol. The first-order valence-corrected chi connectivity index (χ1v) is 4.93. The number of aryl methyl sites for hydroxylation is 1. The van der Waals surface area contributed by atoms with E-state index in [1.165, 1.54) is 10.9 Å². The van der Waals surface area contributed by atoms with E-state index in [1.54, 1.807) is 11.9 Å². The molecule has 0 bridgehead atoms. The monoisotopic (exact) mass is 202 g/mol. The number of hydrogen-bond donors (Lipinski definition) is 1. The van der Waals surface area contributed by atoms with Crippen LogP contribution in [0.5, 0.6) is 0 Å². The van der Waals surface area contributed by atoms with Crippen LogP contribution in [-0.4, -0.2) is 23.3 Å². The topological polar surface area (TPSA) is 36.1 Å². The van der Waals surface area contributed by atoms with Crippen LogP contribution in [0.25, 0.3) is 10.9 Å². The van der Waals surface area contributed by atoms with Gasteiger partial charge in [-0.25, -0.2) is 0 Å². The fourth-order valence-corrected chi connectivity index (χ4v) is 1.74. The van der Waals surface area contributed by atoms with Gasteiger partial charge in [0, 0.05) is 30.7 Å². The standard InChI is InChI=1S/C12H14N2O/c1-9-3-4-11-10(7-14(2)8-15)6-13-12(11)5-9/h3-6,8,13H,7H2,1-2H3. The third-order valence-corrected chi connectivity index (χ3v) is 2.52. The smallest absolute Gasteiger partial charge is 0.209 e. The number of fused-ring (bicyclic) bond motifs is 1. The zero-order valence-corrected chi connectivity index (χ0v) is 8.95. The molecule has 0 saturated carbocycles. The molecular formula is C12H14N2O. The lowest BCUT2D eigenvalue weighted by Gasteiger charge is -2.08.